The zero-order chi connectivity index (χ0) is 11.0. The number of carbonyl (C=O) groups is 1. The molecule has 3 fully saturated rings. The molecule has 3 rings (SSSR count). The van der Waals surface area contributed by atoms with E-state index in [0.29, 0.717) is 18.1 Å². The van der Waals surface area contributed by atoms with E-state index in [1.807, 2.05) is 11.8 Å². The molecule has 3 nitrogen and oxygen atoms in total. The van der Waals surface area contributed by atoms with Crippen molar-refractivity contribution in [1.29, 1.82) is 0 Å². The monoisotopic (exact) mass is 240 g/mol. The molecule has 4 heteroatoms. The predicted molar refractivity (Wildman–Crippen MR) is 66.8 cm³/mol. The number of hydrogen-bond donors (Lipinski definition) is 1. The van der Waals surface area contributed by atoms with Gasteiger partial charge in [-0.15, -0.1) is 0 Å². The molecule has 90 valence electrons. The highest BCUT2D eigenvalue weighted by molar-refractivity contribution is 7.99. The zero-order valence-corrected chi connectivity index (χ0v) is 10.5. The minimum Gasteiger partial charge on any atom is -0.333 e. The van der Waals surface area contributed by atoms with E-state index in [1.54, 1.807) is 0 Å². The molecule has 3 aliphatic rings. The van der Waals surface area contributed by atoms with E-state index >= 15 is 0 Å². The number of amides is 2. The van der Waals surface area contributed by atoms with Crippen LogP contribution in [0.5, 0.6) is 0 Å². The average Bonchev–Trinajstić information content (AvgIpc) is 2.66. The Labute approximate surface area is 101 Å². The lowest BCUT2D eigenvalue weighted by atomic mass is 9.90. The number of nitrogens with one attached hydrogen (secondary N) is 1. The maximum Gasteiger partial charge on any atom is 0.318 e. The van der Waals surface area contributed by atoms with Crippen LogP contribution in [0.15, 0.2) is 0 Å². The quantitative estimate of drug-likeness (QED) is 0.762. The van der Waals surface area contributed by atoms with Crippen molar-refractivity contribution in [2.24, 2.45) is 0 Å². The first kappa shape index (κ1) is 10.8. The molecule has 1 aliphatic carbocycles. The van der Waals surface area contributed by atoms with Crippen LogP contribution in [0, 0.1) is 0 Å². The number of fused-ring (bicyclic) bond motifs is 1. The first-order chi connectivity index (χ1) is 7.86. The summed E-state index contributed by atoms with van der Waals surface area (Å²) >= 11 is 2.03. The highest BCUT2D eigenvalue weighted by Crippen LogP contribution is 2.33. The fraction of sp³-hybridized carbons (Fsp3) is 0.917. The van der Waals surface area contributed by atoms with E-state index in [0.717, 1.165) is 0 Å². The third-order valence-corrected chi connectivity index (χ3v) is 5.26. The van der Waals surface area contributed by atoms with Gasteiger partial charge in [-0.05, 0) is 37.2 Å². The van der Waals surface area contributed by atoms with Gasteiger partial charge in [-0.2, -0.15) is 11.8 Å². The molecule has 2 atom stereocenters. The van der Waals surface area contributed by atoms with Gasteiger partial charge in [-0.3, -0.25) is 0 Å². The molecule has 0 aromatic heterocycles. The first-order valence-corrected chi connectivity index (χ1v) is 7.68. The smallest absolute Gasteiger partial charge is 0.318 e. The molecule has 0 bridgehead atoms. The molecule has 2 amide bonds. The second kappa shape index (κ2) is 4.47. The Morgan fingerprint density at radius 3 is 2.69 bits per heavy atom. The Hall–Kier alpha value is -0.380. The maximum atomic E-state index is 12.0. The second-order valence-electron chi connectivity index (χ2n) is 5.16. The maximum absolute atomic E-state index is 12.0. The number of thioether (sulfide) groups is 1. The molecule has 1 saturated carbocycles. The summed E-state index contributed by atoms with van der Waals surface area (Å²) in [4.78, 5) is 14.2. The largest absolute Gasteiger partial charge is 0.333 e. The summed E-state index contributed by atoms with van der Waals surface area (Å²) in [5.41, 5.74) is 0. The van der Waals surface area contributed by atoms with Gasteiger partial charge < -0.3 is 10.2 Å². The lowest BCUT2D eigenvalue weighted by molar-refractivity contribution is 0.150. The highest BCUT2D eigenvalue weighted by Gasteiger charge is 2.43. The van der Waals surface area contributed by atoms with Crippen molar-refractivity contribution in [3.05, 3.63) is 0 Å². The molecule has 2 aliphatic heterocycles. The molecule has 16 heavy (non-hydrogen) atoms. The average molecular weight is 240 g/mol. The summed E-state index contributed by atoms with van der Waals surface area (Å²) in [7, 11) is 0. The van der Waals surface area contributed by atoms with Crippen LogP contribution < -0.4 is 5.32 Å². The van der Waals surface area contributed by atoms with Gasteiger partial charge in [-0.1, -0.05) is 12.8 Å². The van der Waals surface area contributed by atoms with Crippen molar-refractivity contribution in [2.45, 2.75) is 56.7 Å². The van der Waals surface area contributed by atoms with Gasteiger partial charge in [0.1, 0.15) is 0 Å². The van der Waals surface area contributed by atoms with Crippen molar-refractivity contribution < 1.29 is 4.79 Å². The van der Waals surface area contributed by atoms with Crippen molar-refractivity contribution in [3.63, 3.8) is 0 Å². The SMILES string of the molecule is O=C1NC2CCCC[C@H]2N1C1CCSCC1. The van der Waals surface area contributed by atoms with E-state index in [2.05, 4.69) is 10.2 Å². The van der Waals surface area contributed by atoms with Crippen molar-refractivity contribution in [2.75, 3.05) is 11.5 Å². The van der Waals surface area contributed by atoms with Gasteiger partial charge in [-0.25, -0.2) is 4.79 Å². The third-order valence-electron chi connectivity index (χ3n) is 4.21. The summed E-state index contributed by atoms with van der Waals surface area (Å²) < 4.78 is 0. The van der Waals surface area contributed by atoms with Crippen molar-refractivity contribution >= 4 is 17.8 Å². The molecule has 2 saturated heterocycles. The van der Waals surface area contributed by atoms with E-state index in [-0.39, 0.29) is 6.03 Å². The van der Waals surface area contributed by atoms with Crippen LogP contribution in [-0.2, 0) is 0 Å². The topological polar surface area (TPSA) is 32.3 Å². The normalized spacial score (nSPS) is 36.0. The van der Waals surface area contributed by atoms with Crippen LogP contribution in [0.1, 0.15) is 38.5 Å². The molecule has 1 N–H and O–H groups in total. The highest BCUT2D eigenvalue weighted by atomic mass is 32.2. The summed E-state index contributed by atoms with van der Waals surface area (Å²) in [6.07, 6.45) is 7.38. The predicted octanol–water partition coefficient (Wildman–Crippen LogP) is 2.22. The fourth-order valence-corrected chi connectivity index (χ4v) is 4.48. The van der Waals surface area contributed by atoms with Crippen molar-refractivity contribution in [1.82, 2.24) is 10.2 Å². The molecule has 0 aromatic rings. The van der Waals surface area contributed by atoms with Gasteiger partial charge in [0.15, 0.2) is 0 Å². The van der Waals surface area contributed by atoms with Crippen LogP contribution in [-0.4, -0.2) is 40.6 Å². The Balaban J connectivity index is 1.74. The Bertz CT molecular complexity index is 278. The zero-order valence-electron chi connectivity index (χ0n) is 9.65. The lowest BCUT2D eigenvalue weighted by Gasteiger charge is -2.37. The number of nitrogens with zero attached hydrogens (tertiary/aromatic N) is 1. The summed E-state index contributed by atoms with van der Waals surface area (Å²) in [6.45, 7) is 0. The summed E-state index contributed by atoms with van der Waals surface area (Å²) in [5, 5.41) is 3.18. The van der Waals surface area contributed by atoms with Gasteiger partial charge in [0, 0.05) is 6.04 Å². The third kappa shape index (κ3) is 1.81. The van der Waals surface area contributed by atoms with Gasteiger partial charge in [0.05, 0.1) is 12.1 Å². The Morgan fingerprint density at radius 2 is 1.88 bits per heavy atom. The molecular formula is C12H20N2OS. The Morgan fingerprint density at radius 1 is 1.12 bits per heavy atom. The van der Waals surface area contributed by atoms with E-state index in [1.165, 1.54) is 50.0 Å². The first-order valence-electron chi connectivity index (χ1n) is 6.53. The second-order valence-corrected chi connectivity index (χ2v) is 6.38. The van der Waals surface area contributed by atoms with E-state index in [4.69, 9.17) is 0 Å². The molecular weight excluding hydrogens is 220 g/mol. The molecule has 2 heterocycles. The number of urea groups is 1. The van der Waals surface area contributed by atoms with E-state index < -0.39 is 0 Å². The van der Waals surface area contributed by atoms with Gasteiger partial charge in [0.2, 0.25) is 0 Å². The van der Waals surface area contributed by atoms with Crippen LogP contribution in [0.3, 0.4) is 0 Å². The molecule has 0 aromatic carbocycles. The van der Waals surface area contributed by atoms with Gasteiger partial charge in [0.25, 0.3) is 0 Å². The minimum atomic E-state index is 0.216. The van der Waals surface area contributed by atoms with Gasteiger partial charge >= 0.3 is 6.03 Å². The number of rotatable bonds is 1. The Kier molecular flexibility index (Phi) is 3.01. The van der Waals surface area contributed by atoms with Crippen LogP contribution in [0.2, 0.25) is 0 Å². The van der Waals surface area contributed by atoms with E-state index in [9.17, 15) is 4.79 Å². The van der Waals surface area contributed by atoms with Crippen LogP contribution >= 0.6 is 11.8 Å². The molecule has 0 radical (unpaired) electrons. The lowest BCUT2D eigenvalue weighted by Crippen LogP contribution is -2.46. The minimum absolute atomic E-state index is 0.216. The van der Waals surface area contributed by atoms with Crippen molar-refractivity contribution in [3.8, 4) is 0 Å². The number of hydrogen-bond acceptors (Lipinski definition) is 2. The standard InChI is InChI=1S/C12H20N2OS/c15-12-13-10-3-1-2-4-11(10)14(12)9-5-7-16-8-6-9/h9-11H,1-8H2,(H,13,15)/t10?,11-/m1/s1. The summed E-state index contributed by atoms with van der Waals surface area (Å²) in [5.74, 6) is 2.46. The number of carbonyl (C=O) groups excluding carboxylic acids is 1. The molecule has 0 spiro atoms. The fourth-order valence-electron chi connectivity index (χ4n) is 3.40. The van der Waals surface area contributed by atoms with Crippen LogP contribution in [0.25, 0.3) is 0 Å². The summed E-state index contributed by atoms with van der Waals surface area (Å²) in [6, 6.07) is 1.70. The molecule has 1 unspecified atom stereocenters. The van der Waals surface area contributed by atoms with Crippen LogP contribution in [0.4, 0.5) is 4.79 Å².